The Labute approximate surface area is 92.8 Å². The second kappa shape index (κ2) is 3.59. The molecular formula is C11H11ClN2O. The minimum atomic E-state index is 0.466. The minimum Gasteiger partial charge on any atom is -0.496 e. The molecule has 0 aliphatic heterocycles. The molecule has 2 N–H and O–H groups in total. The van der Waals surface area contributed by atoms with Gasteiger partial charge in [0, 0.05) is 0 Å². The number of aryl methyl sites for hydroxylation is 1. The summed E-state index contributed by atoms with van der Waals surface area (Å²) >= 11 is 6.14. The van der Waals surface area contributed by atoms with Gasteiger partial charge in [-0.25, -0.2) is 0 Å². The summed E-state index contributed by atoms with van der Waals surface area (Å²) in [5, 5.41) is 1.28. The third kappa shape index (κ3) is 1.49. The number of methoxy groups -OCH3 is 1. The first-order chi connectivity index (χ1) is 7.15. The Morgan fingerprint density at radius 2 is 2.13 bits per heavy atom. The lowest BCUT2D eigenvalue weighted by molar-refractivity contribution is 0.419. The Morgan fingerprint density at radius 3 is 2.80 bits per heavy atom. The highest BCUT2D eigenvalue weighted by Crippen LogP contribution is 2.35. The number of pyridine rings is 1. The molecule has 0 aliphatic rings. The summed E-state index contributed by atoms with van der Waals surface area (Å²) in [5.41, 5.74) is 8.05. The van der Waals surface area contributed by atoms with E-state index in [0.717, 1.165) is 16.5 Å². The largest absolute Gasteiger partial charge is 0.496 e. The normalized spacial score (nSPS) is 10.6. The van der Waals surface area contributed by atoms with Crippen molar-refractivity contribution in [1.82, 2.24) is 4.98 Å². The molecular weight excluding hydrogens is 212 g/mol. The molecule has 0 aliphatic carbocycles. The fourth-order valence-electron chi connectivity index (χ4n) is 1.56. The van der Waals surface area contributed by atoms with E-state index in [9.17, 15) is 0 Å². The Kier molecular flexibility index (Phi) is 2.40. The van der Waals surface area contributed by atoms with Gasteiger partial charge in [-0.1, -0.05) is 17.7 Å². The monoisotopic (exact) mass is 222 g/mol. The van der Waals surface area contributed by atoms with Crippen LogP contribution in [0.25, 0.3) is 10.9 Å². The van der Waals surface area contributed by atoms with Crippen molar-refractivity contribution in [3.8, 4) is 5.75 Å². The predicted molar refractivity (Wildman–Crippen MR) is 62.5 cm³/mol. The van der Waals surface area contributed by atoms with Gasteiger partial charge in [0.25, 0.3) is 0 Å². The van der Waals surface area contributed by atoms with Crippen LogP contribution in [0.3, 0.4) is 0 Å². The number of fused-ring (bicyclic) bond motifs is 1. The number of aromatic nitrogens is 1. The number of ether oxygens (including phenoxy) is 1. The van der Waals surface area contributed by atoms with E-state index < -0.39 is 0 Å². The van der Waals surface area contributed by atoms with Crippen molar-refractivity contribution in [3.63, 3.8) is 0 Å². The average molecular weight is 223 g/mol. The molecule has 4 heteroatoms. The highest BCUT2D eigenvalue weighted by molar-refractivity contribution is 6.38. The van der Waals surface area contributed by atoms with E-state index in [0.29, 0.717) is 16.5 Å². The summed E-state index contributed by atoms with van der Waals surface area (Å²) < 4.78 is 5.24. The van der Waals surface area contributed by atoms with Gasteiger partial charge in [0.1, 0.15) is 5.75 Å². The number of nitrogens with two attached hydrogens (primary N) is 1. The third-order valence-electron chi connectivity index (χ3n) is 2.37. The van der Waals surface area contributed by atoms with Crippen LogP contribution in [0.1, 0.15) is 5.56 Å². The maximum Gasteiger partial charge on any atom is 0.129 e. The van der Waals surface area contributed by atoms with Crippen LogP contribution in [0, 0.1) is 6.92 Å². The molecule has 0 saturated carbocycles. The molecule has 1 aromatic heterocycles. The van der Waals surface area contributed by atoms with Gasteiger partial charge >= 0.3 is 0 Å². The van der Waals surface area contributed by atoms with Gasteiger partial charge in [0.2, 0.25) is 0 Å². The maximum absolute atomic E-state index is 6.14. The highest BCUT2D eigenvalue weighted by Gasteiger charge is 2.11. The van der Waals surface area contributed by atoms with Crippen LogP contribution in [0.5, 0.6) is 5.75 Å². The summed E-state index contributed by atoms with van der Waals surface area (Å²) in [7, 11) is 1.60. The molecule has 0 atom stereocenters. The molecule has 0 fully saturated rings. The lowest BCUT2D eigenvalue weighted by Crippen LogP contribution is -1.94. The smallest absolute Gasteiger partial charge is 0.129 e. The van der Waals surface area contributed by atoms with Crippen molar-refractivity contribution < 1.29 is 4.74 Å². The van der Waals surface area contributed by atoms with Gasteiger partial charge in [-0.3, -0.25) is 4.98 Å². The first kappa shape index (κ1) is 10.1. The molecule has 1 aromatic carbocycles. The molecule has 0 amide bonds. The first-order valence-corrected chi connectivity index (χ1v) is 4.90. The standard InChI is InChI=1S/C11H11ClN2O/c1-6-3-4-8(15-2)9-10(12)7(13)5-14-11(6)9/h3-5H,13H2,1-2H3. The molecule has 0 radical (unpaired) electrons. The molecule has 78 valence electrons. The molecule has 3 nitrogen and oxygen atoms in total. The summed E-state index contributed by atoms with van der Waals surface area (Å²) in [4.78, 5) is 4.26. The molecule has 0 saturated heterocycles. The predicted octanol–water partition coefficient (Wildman–Crippen LogP) is 2.79. The Hall–Kier alpha value is -1.48. The molecule has 1 heterocycles. The van der Waals surface area contributed by atoms with Crippen LogP contribution in [-0.2, 0) is 0 Å². The van der Waals surface area contributed by atoms with Crippen LogP contribution in [0.4, 0.5) is 5.69 Å². The number of rotatable bonds is 1. The van der Waals surface area contributed by atoms with Crippen molar-refractivity contribution in [2.75, 3.05) is 12.8 Å². The van der Waals surface area contributed by atoms with Crippen LogP contribution < -0.4 is 10.5 Å². The summed E-state index contributed by atoms with van der Waals surface area (Å²) in [6.45, 7) is 1.97. The second-order valence-corrected chi connectivity index (χ2v) is 3.71. The van der Waals surface area contributed by atoms with Gasteiger partial charge in [-0.15, -0.1) is 0 Å². The SMILES string of the molecule is COc1ccc(C)c2ncc(N)c(Cl)c12. The number of anilines is 1. The zero-order chi connectivity index (χ0) is 11.0. The van der Waals surface area contributed by atoms with E-state index in [1.807, 2.05) is 19.1 Å². The van der Waals surface area contributed by atoms with Gasteiger partial charge in [0.05, 0.1) is 34.9 Å². The average Bonchev–Trinajstić information content (AvgIpc) is 2.24. The lowest BCUT2D eigenvalue weighted by Gasteiger charge is -2.09. The van der Waals surface area contributed by atoms with Crippen molar-refractivity contribution in [2.45, 2.75) is 6.92 Å². The van der Waals surface area contributed by atoms with Crippen LogP contribution in [0.2, 0.25) is 5.02 Å². The highest BCUT2D eigenvalue weighted by atomic mass is 35.5. The lowest BCUT2D eigenvalue weighted by atomic mass is 10.1. The van der Waals surface area contributed by atoms with E-state index >= 15 is 0 Å². The van der Waals surface area contributed by atoms with Crippen molar-refractivity contribution in [2.24, 2.45) is 0 Å². The Balaban J connectivity index is 2.95. The second-order valence-electron chi connectivity index (χ2n) is 3.34. The van der Waals surface area contributed by atoms with Crippen molar-refractivity contribution in [3.05, 3.63) is 28.9 Å². The van der Waals surface area contributed by atoms with Crippen LogP contribution >= 0.6 is 11.6 Å². The van der Waals surface area contributed by atoms with Crippen LogP contribution in [0.15, 0.2) is 18.3 Å². The van der Waals surface area contributed by atoms with Gasteiger partial charge in [0.15, 0.2) is 0 Å². The van der Waals surface area contributed by atoms with E-state index in [4.69, 9.17) is 22.1 Å². The van der Waals surface area contributed by atoms with E-state index in [1.54, 1.807) is 13.3 Å². The maximum atomic E-state index is 6.14. The number of nitrogens with zero attached hydrogens (tertiary/aromatic N) is 1. The molecule has 0 bridgehead atoms. The molecule has 0 spiro atoms. The molecule has 0 unspecified atom stereocenters. The van der Waals surface area contributed by atoms with Gasteiger partial charge in [-0.05, 0) is 18.6 Å². The van der Waals surface area contributed by atoms with Gasteiger partial charge in [-0.2, -0.15) is 0 Å². The molecule has 2 aromatic rings. The Morgan fingerprint density at radius 1 is 1.40 bits per heavy atom. The fourth-order valence-corrected chi connectivity index (χ4v) is 1.79. The number of benzene rings is 1. The van der Waals surface area contributed by atoms with Gasteiger partial charge < -0.3 is 10.5 Å². The third-order valence-corrected chi connectivity index (χ3v) is 2.77. The summed E-state index contributed by atoms with van der Waals surface area (Å²) in [5.74, 6) is 0.695. The zero-order valence-electron chi connectivity index (χ0n) is 8.54. The Bertz CT molecular complexity index is 525. The molecule has 2 rings (SSSR count). The number of nitrogen functional groups attached to an aromatic ring is 1. The topological polar surface area (TPSA) is 48.1 Å². The minimum absolute atomic E-state index is 0.466. The quantitative estimate of drug-likeness (QED) is 0.807. The van der Waals surface area contributed by atoms with E-state index in [-0.39, 0.29) is 0 Å². The first-order valence-electron chi connectivity index (χ1n) is 4.52. The number of hydrogen-bond donors (Lipinski definition) is 1. The van der Waals surface area contributed by atoms with E-state index in [2.05, 4.69) is 4.98 Å². The van der Waals surface area contributed by atoms with E-state index in [1.165, 1.54) is 0 Å². The zero-order valence-corrected chi connectivity index (χ0v) is 9.30. The van der Waals surface area contributed by atoms with Crippen molar-refractivity contribution >= 4 is 28.2 Å². The summed E-state index contributed by atoms with van der Waals surface area (Å²) in [6, 6.07) is 3.81. The fraction of sp³-hybridized carbons (Fsp3) is 0.182. The summed E-state index contributed by atoms with van der Waals surface area (Å²) in [6.07, 6.45) is 1.57. The van der Waals surface area contributed by atoms with Crippen LogP contribution in [-0.4, -0.2) is 12.1 Å². The van der Waals surface area contributed by atoms with Crippen molar-refractivity contribution in [1.29, 1.82) is 0 Å². The number of halogens is 1. The number of hydrogen-bond acceptors (Lipinski definition) is 3. The molecule has 15 heavy (non-hydrogen) atoms.